The third-order valence-corrected chi connectivity index (χ3v) is 5.79. The van der Waals surface area contributed by atoms with Gasteiger partial charge in [0.2, 0.25) is 10.0 Å². The van der Waals surface area contributed by atoms with E-state index in [-0.39, 0.29) is 4.90 Å². The maximum absolute atomic E-state index is 12.8. The molecule has 0 amide bonds. The Morgan fingerprint density at radius 3 is 2.70 bits per heavy atom. The minimum atomic E-state index is -3.72. The van der Waals surface area contributed by atoms with Crippen molar-refractivity contribution in [2.24, 2.45) is 0 Å². The molecule has 1 fully saturated rings. The van der Waals surface area contributed by atoms with E-state index in [1.165, 1.54) is 0 Å². The smallest absolute Gasteiger partial charge is 0.241 e. The van der Waals surface area contributed by atoms with Gasteiger partial charge in [-0.15, -0.1) is 0 Å². The second-order valence-electron chi connectivity index (χ2n) is 5.92. The summed E-state index contributed by atoms with van der Waals surface area (Å²) in [7, 11) is -3.72. The Morgan fingerprint density at radius 2 is 2.04 bits per heavy atom. The van der Waals surface area contributed by atoms with Gasteiger partial charge in [0.25, 0.3) is 0 Å². The molecule has 1 aliphatic rings. The first kappa shape index (κ1) is 16.1. The topological polar surface area (TPSA) is 79.3 Å². The first-order valence-corrected chi connectivity index (χ1v) is 9.18. The highest BCUT2D eigenvalue weighted by Gasteiger charge is 2.31. The lowest BCUT2D eigenvalue weighted by Gasteiger charge is -2.19. The molecule has 1 aliphatic carbocycles. The number of aryl methyl sites for hydroxylation is 1. The molecular weight excluding hydrogens is 312 g/mol. The molecule has 2 atom stereocenters. The highest BCUT2D eigenvalue weighted by Crippen LogP contribution is 2.31. The molecule has 0 radical (unpaired) electrons. The molecule has 0 saturated heterocycles. The fraction of sp³-hybridized carbons (Fsp3) is 0.353. The Labute approximate surface area is 136 Å². The van der Waals surface area contributed by atoms with Gasteiger partial charge in [0.1, 0.15) is 0 Å². The molecule has 1 aromatic carbocycles. The number of rotatable bonds is 4. The Morgan fingerprint density at radius 1 is 1.22 bits per heavy atom. The molecule has 3 rings (SSSR count). The number of hydrogen-bond donors (Lipinski definition) is 2. The van der Waals surface area contributed by atoms with Crippen LogP contribution in [0.25, 0.3) is 11.1 Å². The first-order chi connectivity index (χ1) is 11.0. The molecule has 1 heterocycles. The Balaban J connectivity index is 2.04. The lowest BCUT2D eigenvalue weighted by atomic mass is 10.0. The van der Waals surface area contributed by atoms with Gasteiger partial charge in [-0.2, -0.15) is 0 Å². The summed E-state index contributed by atoms with van der Waals surface area (Å²) in [5.74, 6) is 0. The van der Waals surface area contributed by atoms with E-state index < -0.39 is 22.2 Å². The van der Waals surface area contributed by atoms with Gasteiger partial charge >= 0.3 is 0 Å². The lowest BCUT2D eigenvalue weighted by molar-refractivity contribution is 0.159. The Bertz CT molecular complexity index is 791. The molecule has 1 aromatic heterocycles. The summed E-state index contributed by atoms with van der Waals surface area (Å²) in [4.78, 5) is 4.31. The van der Waals surface area contributed by atoms with Crippen LogP contribution in [0.4, 0.5) is 0 Å². The monoisotopic (exact) mass is 332 g/mol. The zero-order valence-corrected chi connectivity index (χ0v) is 13.8. The molecule has 0 unspecified atom stereocenters. The quantitative estimate of drug-likeness (QED) is 0.900. The molecule has 23 heavy (non-hydrogen) atoms. The molecule has 2 aromatic rings. The highest BCUT2D eigenvalue weighted by molar-refractivity contribution is 7.89. The number of sulfonamides is 1. The molecule has 122 valence electrons. The van der Waals surface area contributed by atoms with Crippen LogP contribution in [0.2, 0.25) is 0 Å². The molecule has 0 bridgehead atoms. The van der Waals surface area contributed by atoms with Crippen molar-refractivity contribution >= 4 is 10.0 Å². The molecule has 0 spiro atoms. The predicted octanol–water partition coefficient (Wildman–Crippen LogP) is 2.25. The number of benzene rings is 1. The number of aromatic nitrogens is 1. The Kier molecular flexibility index (Phi) is 4.48. The van der Waals surface area contributed by atoms with Gasteiger partial charge in [-0.25, -0.2) is 13.1 Å². The predicted molar refractivity (Wildman–Crippen MR) is 88.4 cm³/mol. The summed E-state index contributed by atoms with van der Waals surface area (Å²) >= 11 is 0. The van der Waals surface area contributed by atoms with Gasteiger partial charge in [-0.05, 0) is 43.9 Å². The summed E-state index contributed by atoms with van der Waals surface area (Å²) in [5.41, 5.74) is 2.28. The zero-order chi connectivity index (χ0) is 16.4. The number of hydrogen-bond acceptors (Lipinski definition) is 4. The van der Waals surface area contributed by atoms with Crippen LogP contribution in [0.3, 0.4) is 0 Å². The SMILES string of the molecule is Cc1cccc(S(=O)(=O)N[C@@H]2CCC[C@@H]2O)c1-c1cccnc1. The van der Waals surface area contributed by atoms with Crippen molar-refractivity contribution < 1.29 is 13.5 Å². The maximum atomic E-state index is 12.8. The van der Waals surface area contributed by atoms with E-state index in [2.05, 4.69) is 9.71 Å². The van der Waals surface area contributed by atoms with Crippen molar-refractivity contribution in [3.63, 3.8) is 0 Å². The average molecular weight is 332 g/mol. The molecule has 6 heteroatoms. The average Bonchev–Trinajstić information content (AvgIpc) is 2.92. The van der Waals surface area contributed by atoms with Crippen molar-refractivity contribution in [2.75, 3.05) is 0 Å². The van der Waals surface area contributed by atoms with E-state index in [0.717, 1.165) is 17.5 Å². The number of nitrogens with one attached hydrogen (secondary N) is 1. The summed E-state index contributed by atoms with van der Waals surface area (Å²) in [6.45, 7) is 1.88. The van der Waals surface area contributed by atoms with Crippen LogP contribution in [0.1, 0.15) is 24.8 Å². The van der Waals surface area contributed by atoms with Crippen molar-refractivity contribution in [1.29, 1.82) is 0 Å². The second-order valence-corrected chi connectivity index (χ2v) is 7.60. The molecule has 1 saturated carbocycles. The van der Waals surface area contributed by atoms with Gasteiger partial charge < -0.3 is 5.11 Å². The van der Waals surface area contributed by atoms with Crippen LogP contribution >= 0.6 is 0 Å². The van der Waals surface area contributed by atoms with Crippen molar-refractivity contribution in [2.45, 2.75) is 43.2 Å². The number of pyridine rings is 1. The number of nitrogens with zero attached hydrogens (tertiary/aromatic N) is 1. The molecule has 2 N–H and O–H groups in total. The van der Waals surface area contributed by atoms with Crippen LogP contribution in [0, 0.1) is 6.92 Å². The summed E-state index contributed by atoms with van der Waals surface area (Å²) in [6.07, 6.45) is 4.83. The standard InChI is InChI=1S/C17H20N2O3S/c1-12-5-2-9-16(17(12)13-6-4-10-18-11-13)23(21,22)19-14-7-3-8-15(14)20/h2,4-6,9-11,14-15,19-20H,3,7-8H2,1H3/t14-,15+/m1/s1. The summed E-state index contributed by atoms with van der Waals surface area (Å²) < 4.78 is 28.3. The van der Waals surface area contributed by atoms with E-state index >= 15 is 0 Å². The van der Waals surface area contributed by atoms with E-state index in [1.54, 1.807) is 30.6 Å². The maximum Gasteiger partial charge on any atom is 0.241 e. The zero-order valence-electron chi connectivity index (χ0n) is 12.9. The van der Waals surface area contributed by atoms with E-state index in [0.29, 0.717) is 18.4 Å². The van der Waals surface area contributed by atoms with Crippen molar-refractivity contribution in [3.05, 3.63) is 48.3 Å². The van der Waals surface area contributed by atoms with Crippen LogP contribution in [0.15, 0.2) is 47.6 Å². The van der Waals surface area contributed by atoms with E-state index in [1.807, 2.05) is 19.1 Å². The number of aliphatic hydroxyl groups excluding tert-OH is 1. The first-order valence-electron chi connectivity index (χ1n) is 7.69. The fourth-order valence-corrected chi connectivity index (χ4v) is 4.69. The highest BCUT2D eigenvalue weighted by atomic mass is 32.2. The van der Waals surface area contributed by atoms with Crippen LogP contribution in [-0.4, -0.2) is 30.7 Å². The third kappa shape index (κ3) is 3.29. The van der Waals surface area contributed by atoms with Crippen LogP contribution in [0.5, 0.6) is 0 Å². The fourth-order valence-electron chi connectivity index (χ4n) is 3.09. The largest absolute Gasteiger partial charge is 0.391 e. The van der Waals surface area contributed by atoms with E-state index in [9.17, 15) is 13.5 Å². The van der Waals surface area contributed by atoms with Crippen LogP contribution in [-0.2, 0) is 10.0 Å². The lowest BCUT2D eigenvalue weighted by Crippen LogP contribution is -2.40. The van der Waals surface area contributed by atoms with Crippen molar-refractivity contribution in [3.8, 4) is 11.1 Å². The Hall–Kier alpha value is -1.76. The van der Waals surface area contributed by atoms with Crippen molar-refractivity contribution in [1.82, 2.24) is 9.71 Å². The molecular formula is C17H20N2O3S. The van der Waals surface area contributed by atoms with Gasteiger partial charge in [0.05, 0.1) is 11.0 Å². The van der Waals surface area contributed by atoms with Crippen LogP contribution < -0.4 is 4.72 Å². The minimum absolute atomic E-state index is 0.226. The van der Waals surface area contributed by atoms with Gasteiger partial charge in [0, 0.05) is 29.6 Å². The van der Waals surface area contributed by atoms with Gasteiger partial charge in [-0.3, -0.25) is 4.98 Å². The minimum Gasteiger partial charge on any atom is -0.391 e. The molecule has 0 aliphatic heterocycles. The normalized spacial score (nSPS) is 21.5. The van der Waals surface area contributed by atoms with Gasteiger partial charge in [-0.1, -0.05) is 18.2 Å². The summed E-state index contributed by atoms with van der Waals surface area (Å²) in [6, 6.07) is 8.42. The number of aliphatic hydroxyl groups is 1. The third-order valence-electron chi connectivity index (χ3n) is 4.26. The van der Waals surface area contributed by atoms with E-state index in [4.69, 9.17) is 0 Å². The summed E-state index contributed by atoms with van der Waals surface area (Å²) in [5, 5.41) is 9.90. The second kappa shape index (κ2) is 6.39. The molecule has 5 nitrogen and oxygen atoms in total. The van der Waals surface area contributed by atoms with Gasteiger partial charge in [0.15, 0.2) is 0 Å².